The van der Waals surface area contributed by atoms with E-state index < -0.39 is 0 Å². The van der Waals surface area contributed by atoms with Crippen molar-refractivity contribution in [3.05, 3.63) is 28.6 Å². The van der Waals surface area contributed by atoms with Crippen molar-refractivity contribution < 1.29 is 0 Å². The van der Waals surface area contributed by atoms with E-state index in [4.69, 9.17) is 11.0 Å². The molecule has 14 heavy (non-hydrogen) atoms. The highest BCUT2D eigenvalue weighted by molar-refractivity contribution is 7.17. The van der Waals surface area contributed by atoms with E-state index in [1.165, 1.54) is 10.3 Å². The van der Waals surface area contributed by atoms with Crippen LogP contribution in [-0.2, 0) is 6.42 Å². The lowest BCUT2D eigenvalue weighted by molar-refractivity contribution is 1.17. The number of benzene rings is 1. The molecule has 0 amide bonds. The van der Waals surface area contributed by atoms with Crippen LogP contribution in [0.4, 0.5) is 5.69 Å². The molecule has 0 saturated heterocycles. The molecule has 0 radical (unpaired) electrons. The number of thiophene rings is 1. The number of nitriles is 1. The van der Waals surface area contributed by atoms with Gasteiger partial charge in [-0.15, -0.1) is 11.3 Å². The van der Waals surface area contributed by atoms with Gasteiger partial charge in [0, 0.05) is 10.1 Å². The molecular weight excluding hydrogens is 192 g/mol. The maximum absolute atomic E-state index is 8.85. The Balaban J connectivity index is 2.85. The molecule has 0 unspecified atom stereocenters. The molecule has 0 aliphatic heterocycles. The fourth-order valence-electron chi connectivity index (χ4n) is 1.58. The van der Waals surface area contributed by atoms with Crippen molar-refractivity contribution in [2.75, 3.05) is 5.73 Å². The number of hydrogen-bond acceptors (Lipinski definition) is 3. The summed E-state index contributed by atoms with van der Waals surface area (Å²) in [5.41, 5.74) is 8.37. The number of anilines is 1. The Morgan fingerprint density at radius 2 is 2.29 bits per heavy atom. The van der Waals surface area contributed by atoms with Crippen LogP contribution < -0.4 is 5.73 Å². The zero-order chi connectivity index (χ0) is 10.1. The van der Waals surface area contributed by atoms with Crippen LogP contribution in [0.5, 0.6) is 0 Å². The molecule has 1 aromatic heterocycles. The van der Waals surface area contributed by atoms with Gasteiger partial charge in [0.05, 0.1) is 11.3 Å². The molecule has 0 aliphatic carbocycles. The monoisotopic (exact) mass is 202 g/mol. The van der Waals surface area contributed by atoms with Gasteiger partial charge in [-0.2, -0.15) is 5.26 Å². The number of rotatable bonds is 1. The second-order valence-corrected chi connectivity index (χ2v) is 4.04. The fourth-order valence-corrected chi connectivity index (χ4v) is 2.64. The molecule has 2 N–H and O–H groups in total. The van der Waals surface area contributed by atoms with Gasteiger partial charge < -0.3 is 5.73 Å². The molecule has 2 aromatic rings. The average Bonchev–Trinajstić information content (AvgIpc) is 2.62. The first-order chi connectivity index (χ1) is 6.77. The van der Waals surface area contributed by atoms with Crippen molar-refractivity contribution in [2.24, 2.45) is 0 Å². The Kier molecular flexibility index (Phi) is 2.14. The summed E-state index contributed by atoms with van der Waals surface area (Å²) in [4.78, 5) is 0. The minimum atomic E-state index is 0.575. The topological polar surface area (TPSA) is 49.8 Å². The smallest absolute Gasteiger partial charge is 0.101 e. The number of nitrogens with zero attached hydrogens (tertiary/aromatic N) is 1. The lowest BCUT2D eigenvalue weighted by Crippen LogP contribution is -1.92. The molecule has 0 saturated carbocycles. The van der Waals surface area contributed by atoms with Gasteiger partial charge in [0.1, 0.15) is 6.07 Å². The van der Waals surface area contributed by atoms with Crippen molar-refractivity contribution >= 4 is 27.1 Å². The normalized spacial score (nSPS) is 10.3. The minimum Gasteiger partial charge on any atom is -0.397 e. The molecule has 0 bridgehead atoms. The second-order valence-electron chi connectivity index (χ2n) is 3.13. The maximum atomic E-state index is 8.85. The van der Waals surface area contributed by atoms with Gasteiger partial charge in [0.25, 0.3) is 0 Å². The third kappa shape index (κ3) is 1.16. The third-order valence-electron chi connectivity index (χ3n) is 2.36. The van der Waals surface area contributed by atoms with Gasteiger partial charge in [-0.25, -0.2) is 0 Å². The molecule has 70 valence electrons. The summed E-state index contributed by atoms with van der Waals surface area (Å²) in [7, 11) is 0. The van der Waals surface area contributed by atoms with Crippen molar-refractivity contribution in [1.29, 1.82) is 5.26 Å². The van der Waals surface area contributed by atoms with E-state index in [9.17, 15) is 0 Å². The van der Waals surface area contributed by atoms with Crippen LogP contribution >= 0.6 is 11.3 Å². The predicted molar refractivity (Wildman–Crippen MR) is 60.3 cm³/mol. The highest BCUT2D eigenvalue weighted by atomic mass is 32.1. The number of nitrogens with two attached hydrogens (primary N) is 1. The zero-order valence-corrected chi connectivity index (χ0v) is 8.69. The number of aryl methyl sites for hydroxylation is 1. The fraction of sp³-hybridized carbons (Fsp3) is 0.182. The molecule has 0 aliphatic rings. The van der Waals surface area contributed by atoms with E-state index in [1.807, 2.05) is 6.07 Å². The van der Waals surface area contributed by atoms with Crippen LogP contribution in [0.15, 0.2) is 17.5 Å². The maximum Gasteiger partial charge on any atom is 0.101 e. The standard InChI is InChI=1S/C11H10N2S/c1-2-7-6-14-9-4-3-8(5-12)11(13)10(7)9/h3-4,6H,2,13H2,1H3. The minimum absolute atomic E-state index is 0.575. The first kappa shape index (κ1) is 9.04. The highest BCUT2D eigenvalue weighted by Gasteiger charge is 2.08. The summed E-state index contributed by atoms with van der Waals surface area (Å²) in [5.74, 6) is 0. The molecule has 0 fully saturated rings. The Bertz CT molecular complexity index is 520. The van der Waals surface area contributed by atoms with E-state index in [-0.39, 0.29) is 0 Å². The van der Waals surface area contributed by atoms with E-state index in [0.29, 0.717) is 11.3 Å². The lowest BCUT2D eigenvalue weighted by Gasteiger charge is -2.01. The summed E-state index contributed by atoms with van der Waals surface area (Å²) in [6.07, 6.45) is 0.957. The van der Waals surface area contributed by atoms with Gasteiger partial charge >= 0.3 is 0 Å². The van der Waals surface area contributed by atoms with Crippen LogP contribution in [0.2, 0.25) is 0 Å². The first-order valence-corrected chi connectivity index (χ1v) is 5.34. The Labute approximate surface area is 86.6 Å². The summed E-state index contributed by atoms with van der Waals surface area (Å²) >= 11 is 1.68. The van der Waals surface area contributed by atoms with Crippen molar-refractivity contribution in [1.82, 2.24) is 0 Å². The van der Waals surface area contributed by atoms with Gasteiger partial charge in [0.15, 0.2) is 0 Å². The summed E-state index contributed by atoms with van der Waals surface area (Å²) in [5, 5.41) is 12.0. The molecule has 0 spiro atoms. The predicted octanol–water partition coefficient (Wildman–Crippen LogP) is 2.92. The number of nitrogen functional groups attached to an aromatic ring is 1. The van der Waals surface area contributed by atoms with Crippen LogP contribution in [0, 0.1) is 11.3 Å². The van der Waals surface area contributed by atoms with Crippen molar-refractivity contribution in [3.63, 3.8) is 0 Å². The van der Waals surface area contributed by atoms with Crippen molar-refractivity contribution in [3.8, 4) is 6.07 Å². The average molecular weight is 202 g/mol. The Morgan fingerprint density at radius 3 is 2.93 bits per heavy atom. The van der Waals surface area contributed by atoms with E-state index in [0.717, 1.165) is 11.8 Å². The van der Waals surface area contributed by atoms with Gasteiger partial charge in [-0.05, 0) is 29.5 Å². The molecule has 3 heteroatoms. The van der Waals surface area contributed by atoms with Crippen LogP contribution in [0.25, 0.3) is 10.1 Å². The van der Waals surface area contributed by atoms with Crippen LogP contribution in [-0.4, -0.2) is 0 Å². The Hall–Kier alpha value is -1.53. The van der Waals surface area contributed by atoms with E-state index >= 15 is 0 Å². The second kappa shape index (κ2) is 3.32. The summed E-state index contributed by atoms with van der Waals surface area (Å²) in [6.45, 7) is 2.10. The zero-order valence-electron chi connectivity index (χ0n) is 7.87. The van der Waals surface area contributed by atoms with Gasteiger partial charge in [-0.1, -0.05) is 6.92 Å². The summed E-state index contributed by atoms with van der Waals surface area (Å²) < 4.78 is 1.17. The first-order valence-electron chi connectivity index (χ1n) is 4.46. The SMILES string of the molecule is CCc1csc2ccc(C#N)c(N)c12. The molecule has 2 nitrogen and oxygen atoms in total. The molecule has 0 atom stereocenters. The third-order valence-corrected chi connectivity index (χ3v) is 3.35. The molecular formula is C11H10N2S. The van der Waals surface area contributed by atoms with Crippen molar-refractivity contribution in [2.45, 2.75) is 13.3 Å². The lowest BCUT2D eigenvalue weighted by atomic mass is 10.1. The highest BCUT2D eigenvalue weighted by Crippen LogP contribution is 2.32. The molecule has 2 rings (SSSR count). The largest absolute Gasteiger partial charge is 0.397 e. The molecule has 1 heterocycles. The quantitative estimate of drug-likeness (QED) is 0.723. The number of fused-ring (bicyclic) bond motifs is 1. The summed E-state index contributed by atoms with van der Waals surface area (Å²) in [6, 6.07) is 5.86. The van der Waals surface area contributed by atoms with Crippen LogP contribution in [0.3, 0.4) is 0 Å². The van der Waals surface area contributed by atoms with E-state index in [1.54, 1.807) is 17.4 Å². The van der Waals surface area contributed by atoms with Gasteiger partial charge in [0.2, 0.25) is 0 Å². The van der Waals surface area contributed by atoms with Gasteiger partial charge in [-0.3, -0.25) is 0 Å². The molecule has 1 aromatic carbocycles. The van der Waals surface area contributed by atoms with E-state index in [2.05, 4.69) is 18.4 Å². The number of hydrogen-bond donors (Lipinski definition) is 1. The Morgan fingerprint density at radius 1 is 1.50 bits per heavy atom. The van der Waals surface area contributed by atoms with Crippen LogP contribution in [0.1, 0.15) is 18.1 Å².